The minimum Gasteiger partial charge on any atom is -0.350 e. The molecule has 0 fully saturated rings. The van der Waals surface area contributed by atoms with E-state index in [1.165, 1.54) is 5.56 Å². The van der Waals surface area contributed by atoms with Gasteiger partial charge in [-0.2, -0.15) is 4.98 Å². The summed E-state index contributed by atoms with van der Waals surface area (Å²) in [6, 6.07) is 13.6. The highest BCUT2D eigenvalue weighted by molar-refractivity contribution is 6.30. The molecule has 3 heterocycles. The van der Waals surface area contributed by atoms with Gasteiger partial charge in [-0.1, -0.05) is 41.0 Å². The number of nitrogens with zero attached hydrogens (tertiary/aromatic N) is 4. The number of rotatable bonds is 8. The van der Waals surface area contributed by atoms with Crippen molar-refractivity contribution in [3.8, 4) is 0 Å². The number of carbonyl (C=O) groups excluding carboxylic acids is 1. The summed E-state index contributed by atoms with van der Waals surface area (Å²) in [6.07, 6.45) is 5.42. The topological polar surface area (TPSA) is 84.2 Å². The third kappa shape index (κ3) is 6.23. The summed E-state index contributed by atoms with van der Waals surface area (Å²) < 4.78 is 5.34. The predicted molar refractivity (Wildman–Crippen MR) is 118 cm³/mol. The van der Waals surface area contributed by atoms with E-state index >= 15 is 0 Å². The summed E-state index contributed by atoms with van der Waals surface area (Å²) in [5, 5.41) is 7.71. The normalized spacial score (nSPS) is 14.3. The van der Waals surface area contributed by atoms with Crippen LogP contribution >= 0.6 is 11.6 Å². The van der Waals surface area contributed by atoms with Gasteiger partial charge in [-0.15, -0.1) is 0 Å². The minimum atomic E-state index is -0.0693. The molecule has 1 aromatic carbocycles. The number of nitrogens with one attached hydrogen (secondary N) is 1. The van der Waals surface area contributed by atoms with Crippen molar-refractivity contribution in [1.82, 2.24) is 25.3 Å². The van der Waals surface area contributed by atoms with Crippen LogP contribution in [-0.4, -0.2) is 39.0 Å². The van der Waals surface area contributed by atoms with Gasteiger partial charge in [-0.3, -0.25) is 14.7 Å². The van der Waals surface area contributed by atoms with Crippen LogP contribution in [-0.2, 0) is 24.3 Å². The van der Waals surface area contributed by atoms with Crippen molar-refractivity contribution >= 4 is 23.1 Å². The zero-order valence-corrected chi connectivity index (χ0v) is 17.9. The molecule has 0 saturated heterocycles. The van der Waals surface area contributed by atoms with Crippen LogP contribution < -0.4 is 5.32 Å². The molecule has 0 spiro atoms. The lowest BCUT2D eigenvalue weighted by molar-refractivity contribution is -0.121. The Kier molecular flexibility index (Phi) is 7.07. The monoisotopic (exact) mass is 437 g/mol. The standard InChI is InChI=1S/C23H24ClN5O2/c24-19-6-4-17(5-7-19)16-29-13-10-18(11-14-29)23-27-22(31-28-23)9-8-21(30)26-15-20-3-1-2-12-25-20/h1-7,10,12H,8-9,11,13-16H2,(H,26,30). The SMILES string of the molecule is O=C(CCc1nc(C2=CCN(Cc3ccc(Cl)cc3)CC2)no1)NCc1ccccn1. The van der Waals surface area contributed by atoms with Crippen LogP contribution in [0.15, 0.2) is 59.3 Å². The zero-order valence-electron chi connectivity index (χ0n) is 17.1. The maximum Gasteiger partial charge on any atom is 0.227 e. The number of aryl methyl sites for hydroxylation is 1. The molecule has 1 aliphatic heterocycles. The first-order valence-corrected chi connectivity index (χ1v) is 10.7. The van der Waals surface area contributed by atoms with E-state index in [-0.39, 0.29) is 5.91 Å². The van der Waals surface area contributed by atoms with Gasteiger partial charge in [0.2, 0.25) is 11.8 Å². The lowest BCUT2D eigenvalue weighted by Crippen LogP contribution is -2.28. The fourth-order valence-electron chi connectivity index (χ4n) is 3.39. The van der Waals surface area contributed by atoms with Crippen LogP contribution in [0.4, 0.5) is 0 Å². The Morgan fingerprint density at radius 1 is 1.19 bits per heavy atom. The molecule has 0 radical (unpaired) electrons. The molecular weight excluding hydrogens is 414 g/mol. The van der Waals surface area contributed by atoms with Crippen LogP contribution in [0, 0.1) is 0 Å². The first-order chi connectivity index (χ1) is 15.2. The molecule has 0 aliphatic carbocycles. The van der Waals surface area contributed by atoms with Gasteiger partial charge in [0.25, 0.3) is 0 Å². The number of benzene rings is 1. The second kappa shape index (κ2) is 10.3. The maximum atomic E-state index is 12.0. The lowest BCUT2D eigenvalue weighted by atomic mass is 10.1. The van der Waals surface area contributed by atoms with E-state index in [4.69, 9.17) is 16.1 Å². The molecule has 4 rings (SSSR count). The van der Waals surface area contributed by atoms with Crippen LogP contribution in [0.5, 0.6) is 0 Å². The Hall–Kier alpha value is -3.03. The summed E-state index contributed by atoms with van der Waals surface area (Å²) in [6.45, 7) is 3.05. The van der Waals surface area contributed by atoms with Gasteiger partial charge in [0.15, 0.2) is 5.82 Å². The second-order valence-corrected chi connectivity index (χ2v) is 7.89. The fourth-order valence-corrected chi connectivity index (χ4v) is 3.52. The van der Waals surface area contributed by atoms with Crippen molar-refractivity contribution in [1.29, 1.82) is 0 Å². The van der Waals surface area contributed by atoms with E-state index in [0.29, 0.717) is 31.1 Å². The van der Waals surface area contributed by atoms with Gasteiger partial charge < -0.3 is 9.84 Å². The molecular formula is C23H24ClN5O2. The number of hydrogen-bond acceptors (Lipinski definition) is 6. The van der Waals surface area contributed by atoms with Crippen LogP contribution in [0.3, 0.4) is 0 Å². The largest absolute Gasteiger partial charge is 0.350 e. The van der Waals surface area contributed by atoms with Crippen molar-refractivity contribution < 1.29 is 9.32 Å². The molecule has 1 N–H and O–H groups in total. The molecule has 0 unspecified atom stereocenters. The Labute approximate surface area is 186 Å². The Morgan fingerprint density at radius 3 is 2.81 bits per heavy atom. The van der Waals surface area contributed by atoms with Gasteiger partial charge in [0, 0.05) is 43.7 Å². The number of hydrogen-bond donors (Lipinski definition) is 1. The van der Waals surface area contributed by atoms with Gasteiger partial charge in [0.1, 0.15) is 0 Å². The molecule has 1 amide bonds. The van der Waals surface area contributed by atoms with Gasteiger partial charge in [-0.05, 0) is 41.8 Å². The Morgan fingerprint density at radius 2 is 2.06 bits per heavy atom. The smallest absolute Gasteiger partial charge is 0.227 e. The molecule has 2 aromatic heterocycles. The molecule has 8 heteroatoms. The number of pyridine rings is 1. The molecule has 1 aliphatic rings. The van der Waals surface area contributed by atoms with Crippen molar-refractivity contribution in [3.63, 3.8) is 0 Å². The number of amides is 1. The average Bonchev–Trinajstić information content (AvgIpc) is 3.28. The third-order valence-electron chi connectivity index (χ3n) is 5.13. The molecule has 0 saturated carbocycles. The summed E-state index contributed by atoms with van der Waals surface area (Å²) in [7, 11) is 0. The van der Waals surface area contributed by atoms with E-state index in [1.54, 1.807) is 6.20 Å². The maximum absolute atomic E-state index is 12.0. The van der Waals surface area contributed by atoms with Crippen molar-refractivity contribution in [3.05, 3.63) is 82.7 Å². The number of carbonyl (C=O) groups is 1. The first kappa shape index (κ1) is 21.2. The highest BCUT2D eigenvalue weighted by atomic mass is 35.5. The van der Waals surface area contributed by atoms with E-state index in [0.717, 1.165) is 42.3 Å². The molecule has 0 bridgehead atoms. The van der Waals surface area contributed by atoms with E-state index in [9.17, 15) is 4.79 Å². The fraction of sp³-hybridized carbons (Fsp3) is 0.304. The number of aromatic nitrogens is 3. The molecule has 3 aromatic rings. The van der Waals surface area contributed by atoms with E-state index < -0.39 is 0 Å². The molecule has 0 atom stereocenters. The third-order valence-corrected chi connectivity index (χ3v) is 5.38. The Bertz CT molecular complexity index is 1030. The minimum absolute atomic E-state index is 0.0693. The van der Waals surface area contributed by atoms with Crippen LogP contribution in [0.1, 0.15) is 35.8 Å². The van der Waals surface area contributed by atoms with E-state index in [1.807, 2.05) is 30.3 Å². The van der Waals surface area contributed by atoms with Crippen LogP contribution in [0.2, 0.25) is 5.02 Å². The van der Waals surface area contributed by atoms with Crippen molar-refractivity contribution in [2.75, 3.05) is 13.1 Å². The molecule has 160 valence electrons. The number of halogens is 1. The molecule has 31 heavy (non-hydrogen) atoms. The van der Waals surface area contributed by atoms with E-state index in [2.05, 4.69) is 43.6 Å². The summed E-state index contributed by atoms with van der Waals surface area (Å²) in [5.74, 6) is 1.03. The van der Waals surface area contributed by atoms with Crippen molar-refractivity contribution in [2.24, 2.45) is 0 Å². The van der Waals surface area contributed by atoms with Gasteiger partial charge in [-0.25, -0.2) is 0 Å². The van der Waals surface area contributed by atoms with Crippen molar-refractivity contribution in [2.45, 2.75) is 32.4 Å². The Balaban J connectivity index is 1.23. The quantitative estimate of drug-likeness (QED) is 0.579. The molecule has 7 nitrogen and oxygen atoms in total. The lowest BCUT2D eigenvalue weighted by Gasteiger charge is -2.25. The zero-order chi connectivity index (χ0) is 21.5. The summed E-state index contributed by atoms with van der Waals surface area (Å²) >= 11 is 5.95. The van der Waals surface area contributed by atoms with Crippen LogP contribution in [0.25, 0.3) is 5.57 Å². The average molecular weight is 438 g/mol. The van der Waals surface area contributed by atoms with Gasteiger partial charge in [0.05, 0.1) is 12.2 Å². The van der Waals surface area contributed by atoms with Gasteiger partial charge >= 0.3 is 0 Å². The first-order valence-electron chi connectivity index (χ1n) is 10.3. The second-order valence-electron chi connectivity index (χ2n) is 7.45. The summed E-state index contributed by atoms with van der Waals surface area (Å²) in [4.78, 5) is 23.1. The highest BCUT2D eigenvalue weighted by Crippen LogP contribution is 2.22. The predicted octanol–water partition coefficient (Wildman–Crippen LogP) is 3.66. The summed E-state index contributed by atoms with van der Waals surface area (Å²) in [5.41, 5.74) is 3.15. The highest BCUT2D eigenvalue weighted by Gasteiger charge is 2.18.